The van der Waals surface area contributed by atoms with Crippen molar-refractivity contribution in [1.29, 1.82) is 0 Å². The Balaban J connectivity index is 1.80. The number of thioether (sulfide) groups is 1. The lowest BCUT2D eigenvalue weighted by Gasteiger charge is -2.07. The molecule has 0 aliphatic heterocycles. The number of rotatable bonds is 6. The molecule has 1 heterocycles. The first-order valence-corrected chi connectivity index (χ1v) is 9.65. The van der Waals surface area contributed by atoms with E-state index >= 15 is 0 Å². The van der Waals surface area contributed by atoms with Crippen LogP contribution in [0.1, 0.15) is 0 Å². The number of hydrazone groups is 1. The summed E-state index contributed by atoms with van der Waals surface area (Å²) < 4.78 is 16.9. The minimum atomic E-state index is -0.588. The van der Waals surface area contributed by atoms with Crippen molar-refractivity contribution in [2.24, 2.45) is 12.1 Å². The highest BCUT2D eigenvalue weighted by Gasteiger charge is 2.20. The molecule has 30 heavy (non-hydrogen) atoms. The normalized spacial score (nSPS) is 11.1. The maximum Gasteiger partial charge on any atom is 0.365 e. The van der Waals surface area contributed by atoms with E-state index in [0.29, 0.717) is 16.7 Å². The number of carbonyl (C=O) groups excluding carboxylic acids is 1. The van der Waals surface area contributed by atoms with Crippen LogP contribution < -0.4 is 14.9 Å². The SMILES string of the molecule is COC(=O)/C(=N/Nc1ccc(OC)cc1)Sc1nnc(-c2ccc(OC)cc2)n1C. The van der Waals surface area contributed by atoms with Gasteiger partial charge in [0.15, 0.2) is 11.0 Å². The number of aromatic nitrogens is 3. The van der Waals surface area contributed by atoms with Gasteiger partial charge in [0.2, 0.25) is 5.04 Å². The van der Waals surface area contributed by atoms with Gasteiger partial charge >= 0.3 is 5.97 Å². The van der Waals surface area contributed by atoms with Crippen molar-refractivity contribution in [1.82, 2.24) is 14.8 Å². The topological polar surface area (TPSA) is 99.9 Å². The monoisotopic (exact) mass is 427 g/mol. The van der Waals surface area contributed by atoms with Crippen LogP contribution in [0, 0.1) is 0 Å². The van der Waals surface area contributed by atoms with Gasteiger partial charge in [-0.25, -0.2) is 4.79 Å². The summed E-state index contributed by atoms with van der Waals surface area (Å²) in [5.41, 5.74) is 4.40. The van der Waals surface area contributed by atoms with Crippen molar-refractivity contribution >= 4 is 28.5 Å². The van der Waals surface area contributed by atoms with Crippen LogP contribution in [-0.4, -0.2) is 47.1 Å². The molecule has 10 heteroatoms. The van der Waals surface area contributed by atoms with Crippen molar-refractivity contribution in [3.8, 4) is 22.9 Å². The second-order valence-electron chi connectivity index (χ2n) is 5.94. The van der Waals surface area contributed by atoms with E-state index in [1.807, 2.05) is 31.3 Å². The zero-order valence-corrected chi connectivity index (χ0v) is 17.8. The summed E-state index contributed by atoms with van der Waals surface area (Å²) in [6.07, 6.45) is 0. The van der Waals surface area contributed by atoms with Crippen LogP contribution in [0.15, 0.2) is 58.8 Å². The summed E-state index contributed by atoms with van der Waals surface area (Å²) in [5.74, 6) is 1.53. The molecule has 0 bridgehead atoms. The van der Waals surface area contributed by atoms with E-state index in [1.54, 1.807) is 43.1 Å². The van der Waals surface area contributed by atoms with Crippen LogP contribution in [0.3, 0.4) is 0 Å². The molecule has 3 rings (SSSR count). The summed E-state index contributed by atoms with van der Waals surface area (Å²) >= 11 is 1.05. The lowest BCUT2D eigenvalue weighted by Crippen LogP contribution is -2.15. The maximum atomic E-state index is 12.2. The summed E-state index contributed by atoms with van der Waals surface area (Å²) in [6.45, 7) is 0. The summed E-state index contributed by atoms with van der Waals surface area (Å²) in [4.78, 5) is 12.2. The second kappa shape index (κ2) is 9.79. The van der Waals surface area contributed by atoms with Crippen molar-refractivity contribution in [2.45, 2.75) is 5.16 Å². The highest BCUT2D eigenvalue weighted by Crippen LogP contribution is 2.25. The van der Waals surface area contributed by atoms with Gasteiger partial charge in [-0.1, -0.05) is 0 Å². The number of nitrogens with zero attached hydrogens (tertiary/aromatic N) is 4. The van der Waals surface area contributed by atoms with E-state index in [9.17, 15) is 4.79 Å². The molecule has 1 aromatic heterocycles. The minimum absolute atomic E-state index is 0.0881. The fraction of sp³-hybridized carbons (Fsp3) is 0.200. The van der Waals surface area contributed by atoms with E-state index in [-0.39, 0.29) is 5.04 Å². The largest absolute Gasteiger partial charge is 0.497 e. The van der Waals surface area contributed by atoms with E-state index < -0.39 is 5.97 Å². The third kappa shape index (κ3) is 4.90. The molecule has 0 atom stereocenters. The molecular formula is C20H21N5O4S. The highest BCUT2D eigenvalue weighted by molar-refractivity contribution is 8.15. The van der Waals surface area contributed by atoms with Gasteiger partial charge in [0, 0.05) is 12.6 Å². The highest BCUT2D eigenvalue weighted by atomic mass is 32.2. The van der Waals surface area contributed by atoms with E-state index in [4.69, 9.17) is 14.2 Å². The summed E-state index contributed by atoms with van der Waals surface area (Å²) in [5, 5.41) is 13.2. The van der Waals surface area contributed by atoms with Crippen LogP contribution in [0.25, 0.3) is 11.4 Å². The molecule has 3 aromatic rings. The number of methoxy groups -OCH3 is 3. The Morgan fingerprint density at radius 1 is 0.967 bits per heavy atom. The quantitative estimate of drug-likeness (QED) is 0.210. The van der Waals surface area contributed by atoms with E-state index in [1.165, 1.54) is 7.11 Å². The molecule has 0 saturated carbocycles. The van der Waals surface area contributed by atoms with E-state index in [0.717, 1.165) is 28.8 Å². The molecule has 156 valence electrons. The van der Waals surface area contributed by atoms with Crippen LogP contribution in [-0.2, 0) is 16.6 Å². The average Bonchev–Trinajstić information content (AvgIpc) is 3.16. The third-order valence-corrected chi connectivity index (χ3v) is 5.10. The molecule has 0 radical (unpaired) electrons. The summed E-state index contributed by atoms with van der Waals surface area (Å²) in [7, 11) is 6.31. The number of esters is 1. The van der Waals surface area contributed by atoms with Gasteiger partial charge in [-0.15, -0.1) is 10.2 Å². The first kappa shape index (κ1) is 21.2. The molecule has 2 aromatic carbocycles. The van der Waals surface area contributed by atoms with Gasteiger partial charge in [-0.2, -0.15) is 5.10 Å². The summed E-state index contributed by atoms with van der Waals surface area (Å²) in [6, 6.07) is 14.6. The standard InChI is InChI=1S/C20H21N5O4S/c1-25-17(13-5-9-15(27-2)10-6-13)22-24-20(25)30-18(19(26)29-4)23-21-14-7-11-16(28-3)12-8-14/h5-12,21H,1-4H3/b23-18-. The van der Waals surface area contributed by atoms with Crippen LogP contribution in [0.4, 0.5) is 5.69 Å². The fourth-order valence-electron chi connectivity index (χ4n) is 2.46. The van der Waals surface area contributed by atoms with Gasteiger partial charge in [0.05, 0.1) is 27.0 Å². The van der Waals surface area contributed by atoms with Crippen molar-refractivity contribution in [3.05, 3.63) is 48.5 Å². The number of carbonyl (C=O) groups is 1. The van der Waals surface area contributed by atoms with Gasteiger partial charge in [0.1, 0.15) is 11.5 Å². The Hall–Kier alpha value is -3.53. The van der Waals surface area contributed by atoms with E-state index in [2.05, 4.69) is 20.7 Å². The lowest BCUT2D eigenvalue weighted by molar-refractivity contribution is -0.132. The molecule has 0 aliphatic carbocycles. The Kier molecular flexibility index (Phi) is 6.91. The van der Waals surface area contributed by atoms with Crippen LogP contribution >= 0.6 is 11.8 Å². The first-order chi connectivity index (χ1) is 14.5. The van der Waals surface area contributed by atoms with Gasteiger partial charge in [0.25, 0.3) is 0 Å². The molecule has 0 fully saturated rings. The number of benzene rings is 2. The molecule has 0 amide bonds. The average molecular weight is 427 g/mol. The van der Waals surface area contributed by atoms with Crippen molar-refractivity contribution < 1.29 is 19.0 Å². The Labute approximate surface area is 178 Å². The zero-order valence-electron chi connectivity index (χ0n) is 16.9. The Morgan fingerprint density at radius 2 is 1.57 bits per heavy atom. The zero-order chi connectivity index (χ0) is 21.5. The fourth-order valence-corrected chi connectivity index (χ4v) is 3.20. The number of anilines is 1. The molecular weight excluding hydrogens is 406 g/mol. The van der Waals surface area contributed by atoms with Crippen molar-refractivity contribution in [2.75, 3.05) is 26.8 Å². The smallest absolute Gasteiger partial charge is 0.365 e. The predicted octanol–water partition coefficient (Wildman–Crippen LogP) is 3.19. The Morgan fingerprint density at radius 3 is 2.13 bits per heavy atom. The van der Waals surface area contributed by atoms with Gasteiger partial charge in [-0.05, 0) is 60.3 Å². The van der Waals surface area contributed by atoms with Crippen molar-refractivity contribution in [3.63, 3.8) is 0 Å². The number of ether oxygens (including phenoxy) is 3. The molecule has 1 N–H and O–H groups in total. The second-order valence-corrected chi connectivity index (χ2v) is 6.90. The first-order valence-electron chi connectivity index (χ1n) is 8.83. The molecule has 0 spiro atoms. The minimum Gasteiger partial charge on any atom is -0.497 e. The lowest BCUT2D eigenvalue weighted by atomic mass is 10.2. The predicted molar refractivity (Wildman–Crippen MR) is 115 cm³/mol. The molecule has 0 saturated heterocycles. The Bertz CT molecular complexity index is 1030. The van der Waals surface area contributed by atoms with Crippen LogP contribution in [0.5, 0.6) is 11.5 Å². The molecule has 0 unspecified atom stereocenters. The molecule has 0 aliphatic rings. The number of hydrogen-bond donors (Lipinski definition) is 1. The van der Waals surface area contributed by atoms with Gasteiger partial charge in [-0.3, -0.25) is 5.43 Å². The van der Waals surface area contributed by atoms with Crippen LogP contribution in [0.2, 0.25) is 0 Å². The molecule has 9 nitrogen and oxygen atoms in total. The van der Waals surface area contributed by atoms with Gasteiger partial charge < -0.3 is 18.8 Å². The third-order valence-electron chi connectivity index (χ3n) is 4.11. The number of nitrogens with one attached hydrogen (secondary N) is 1. The number of hydrogen-bond acceptors (Lipinski definition) is 9. The maximum absolute atomic E-state index is 12.2.